The first-order chi connectivity index (χ1) is 27.3. The average molecular weight is 700 g/mol. The molecular formula is C50H29N5. The van der Waals surface area contributed by atoms with Gasteiger partial charge in [-0.3, -0.25) is 0 Å². The van der Waals surface area contributed by atoms with Crippen molar-refractivity contribution in [2.75, 3.05) is 0 Å². The van der Waals surface area contributed by atoms with Crippen molar-refractivity contribution < 1.29 is 0 Å². The third kappa shape index (κ3) is 4.27. The maximum Gasteiger partial charge on any atom is 0.197 e. The monoisotopic (exact) mass is 699 g/mol. The van der Waals surface area contributed by atoms with Crippen molar-refractivity contribution in [3.8, 4) is 34.3 Å². The van der Waals surface area contributed by atoms with E-state index in [-0.39, 0.29) is 0 Å². The third-order valence-corrected chi connectivity index (χ3v) is 11.1. The molecule has 11 rings (SSSR count). The fourth-order valence-corrected chi connectivity index (χ4v) is 8.96. The summed E-state index contributed by atoms with van der Waals surface area (Å²) in [7, 11) is 0. The van der Waals surface area contributed by atoms with Crippen LogP contribution in [0.1, 0.15) is 5.56 Å². The van der Waals surface area contributed by atoms with E-state index < -0.39 is 0 Å². The largest absolute Gasteiger partial charge is 0.310 e. The first-order valence-electron chi connectivity index (χ1n) is 18.3. The van der Waals surface area contributed by atoms with Gasteiger partial charge in [-0.25, -0.2) is 4.85 Å². The van der Waals surface area contributed by atoms with E-state index in [0.29, 0.717) is 11.3 Å². The molecule has 0 radical (unpaired) electrons. The van der Waals surface area contributed by atoms with Gasteiger partial charge in [0.15, 0.2) is 5.69 Å². The van der Waals surface area contributed by atoms with Gasteiger partial charge in [0.1, 0.15) is 0 Å². The lowest BCUT2D eigenvalue weighted by molar-refractivity contribution is 1.15. The van der Waals surface area contributed by atoms with E-state index in [1.54, 1.807) is 0 Å². The highest BCUT2D eigenvalue weighted by molar-refractivity contribution is 6.18. The zero-order valence-electron chi connectivity index (χ0n) is 29.5. The fraction of sp³-hybridized carbons (Fsp3) is 0. The van der Waals surface area contributed by atoms with Crippen LogP contribution in [0.5, 0.6) is 0 Å². The Morgan fingerprint density at radius 1 is 0.400 bits per heavy atom. The van der Waals surface area contributed by atoms with E-state index in [2.05, 4.69) is 164 Å². The van der Waals surface area contributed by atoms with Crippen molar-refractivity contribution >= 4 is 71.1 Å². The molecule has 11 aromatic rings. The summed E-state index contributed by atoms with van der Waals surface area (Å²) in [4.78, 5) is 3.91. The highest BCUT2D eigenvalue weighted by atomic mass is 15.0. The molecule has 55 heavy (non-hydrogen) atoms. The standard InChI is InChI=1S/C50H29N5/c1-52-38-21-13-28-45-49(38)36-19-5-10-25-42(36)55(45)44-27-12-15-32(31-51)48(44)35-18-4-9-24-41(35)54-43-26-11-6-20-37(43)50-46(29-14-30-47(50)54)53-39-22-7-2-16-33(39)34-17-3-8-23-40(34)53/h2-30H. The van der Waals surface area contributed by atoms with Gasteiger partial charge in [0, 0.05) is 43.6 Å². The summed E-state index contributed by atoms with van der Waals surface area (Å²) in [5.41, 5.74) is 12.3. The second kappa shape index (κ2) is 11.8. The molecule has 3 aromatic heterocycles. The van der Waals surface area contributed by atoms with Gasteiger partial charge < -0.3 is 13.7 Å². The predicted octanol–water partition coefficient (Wildman–Crippen LogP) is 13.1. The number of nitrogens with zero attached hydrogens (tertiary/aromatic N) is 5. The Bertz CT molecular complexity index is 3420. The predicted molar refractivity (Wildman–Crippen MR) is 226 cm³/mol. The molecule has 3 heterocycles. The van der Waals surface area contributed by atoms with Crippen molar-refractivity contribution in [3.05, 3.63) is 193 Å². The molecule has 8 aromatic carbocycles. The second-order valence-electron chi connectivity index (χ2n) is 13.9. The summed E-state index contributed by atoms with van der Waals surface area (Å²) in [6.45, 7) is 8.00. The molecule has 254 valence electrons. The molecule has 0 atom stereocenters. The normalized spacial score (nSPS) is 11.6. The topological polar surface area (TPSA) is 42.9 Å². The van der Waals surface area contributed by atoms with E-state index in [4.69, 9.17) is 6.57 Å². The van der Waals surface area contributed by atoms with E-state index in [0.717, 1.165) is 82.8 Å². The number of aromatic nitrogens is 3. The van der Waals surface area contributed by atoms with Crippen molar-refractivity contribution in [1.29, 1.82) is 5.26 Å². The van der Waals surface area contributed by atoms with Crippen LogP contribution in [0, 0.1) is 17.9 Å². The molecule has 0 fully saturated rings. The number of nitriles is 1. The Hall–Kier alpha value is -7.86. The summed E-state index contributed by atoms with van der Waals surface area (Å²) in [5.74, 6) is 0. The molecule has 5 heteroatoms. The smallest absolute Gasteiger partial charge is 0.197 e. The van der Waals surface area contributed by atoms with Crippen LogP contribution in [0.4, 0.5) is 5.69 Å². The summed E-state index contributed by atoms with van der Waals surface area (Å²) < 4.78 is 6.98. The lowest BCUT2D eigenvalue weighted by atomic mass is 9.96. The molecule has 0 amide bonds. The van der Waals surface area contributed by atoms with Crippen LogP contribution in [0.25, 0.3) is 98.5 Å². The van der Waals surface area contributed by atoms with Gasteiger partial charge in [-0.15, -0.1) is 0 Å². The lowest BCUT2D eigenvalue weighted by Gasteiger charge is -2.19. The zero-order valence-corrected chi connectivity index (χ0v) is 29.5. The molecule has 0 saturated heterocycles. The number of hydrogen-bond acceptors (Lipinski definition) is 1. The molecule has 0 aliphatic heterocycles. The van der Waals surface area contributed by atoms with Crippen LogP contribution in [-0.2, 0) is 0 Å². The van der Waals surface area contributed by atoms with Crippen molar-refractivity contribution in [3.63, 3.8) is 0 Å². The van der Waals surface area contributed by atoms with Gasteiger partial charge in [-0.05, 0) is 66.0 Å². The Labute approximate surface area is 316 Å². The Morgan fingerprint density at radius 2 is 0.836 bits per heavy atom. The minimum Gasteiger partial charge on any atom is -0.310 e. The number of benzene rings is 8. The van der Waals surface area contributed by atoms with Crippen molar-refractivity contribution in [2.45, 2.75) is 0 Å². The van der Waals surface area contributed by atoms with Crippen molar-refractivity contribution in [1.82, 2.24) is 13.7 Å². The molecular weight excluding hydrogens is 671 g/mol. The highest BCUT2D eigenvalue weighted by Crippen LogP contribution is 2.45. The summed E-state index contributed by atoms with van der Waals surface area (Å²) in [5, 5.41) is 17.4. The third-order valence-electron chi connectivity index (χ3n) is 11.1. The minimum absolute atomic E-state index is 0.573. The molecule has 0 saturated carbocycles. The lowest BCUT2D eigenvalue weighted by Crippen LogP contribution is -2.03. The number of rotatable bonds is 4. The summed E-state index contributed by atoms with van der Waals surface area (Å²) in [6, 6.07) is 63.5. The maximum absolute atomic E-state index is 10.8. The molecule has 5 nitrogen and oxygen atoms in total. The van der Waals surface area contributed by atoms with Crippen LogP contribution in [0.15, 0.2) is 176 Å². The van der Waals surface area contributed by atoms with Crippen LogP contribution in [-0.4, -0.2) is 13.7 Å². The Kier molecular flexibility index (Phi) is 6.61. The maximum atomic E-state index is 10.8. The second-order valence-corrected chi connectivity index (χ2v) is 13.9. The van der Waals surface area contributed by atoms with Gasteiger partial charge in [-0.2, -0.15) is 5.26 Å². The number of hydrogen-bond donors (Lipinski definition) is 0. The van der Waals surface area contributed by atoms with E-state index in [1.807, 2.05) is 36.4 Å². The van der Waals surface area contributed by atoms with E-state index >= 15 is 0 Å². The summed E-state index contributed by atoms with van der Waals surface area (Å²) >= 11 is 0. The van der Waals surface area contributed by atoms with Gasteiger partial charge in [0.2, 0.25) is 0 Å². The first kappa shape index (κ1) is 30.7. The SMILES string of the molecule is [C-]#[N+]c1cccc2c1c1ccccc1n2-c1cccc(C#N)c1-c1ccccc1-n1c2ccccc2c2c(-n3c4ccccc4c4ccccc43)cccc21. The molecule has 0 N–H and O–H groups in total. The minimum atomic E-state index is 0.573. The Morgan fingerprint density at radius 3 is 1.49 bits per heavy atom. The molecule has 0 aliphatic carbocycles. The zero-order chi connectivity index (χ0) is 36.6. The van der Waals surface area contributed by atoms with Crippen LogP contribution >= 0.6 is 0 Å². The number of fused-ring (bicyclic) bond motifs is 9. The van der Waals surface area contributed by atoms with Crippen LogP contribution in [0.3, 0.4) is 0 Å². The van der Waals surface area contributed by atoms with E-state index in [1.165, 1.54) is 10.8 Å². The molecule has 0 spiro atoms. The van der Waals surface area contributed by atoms with Crippen molar-refractivity contribution in [2.24, 2.45) is 0 Å². The molecule has 0 bridgehead atoms. The quantitative estimate of drug-likeness (QED) is 0.169. The fourth-order valence-electron chi connectivity index (χ4n) is 8.96. The molecule has 0 unspecified atom stereocenters. The van der Waals surface area contributed by atoms with Crippen LogP contribution in [0.2, 0.25) is 0 Å². The first-order valence-corrected chi connectivity index (χ1v) is 18.3. The van der Waals surface area contributed by atoms with Crippen LogP contribution < -0.4 is 0 Å². The van der Waals surface area contributed by atoms with Gasteiger partial charge in [0.25, 0.3) is 0 Å². The molecule has 0 aliphatic rings. The number of para-hydroxylation sites is 5. The van der Waals surface area contributed by atoms with E-state index in [9.17, 15) is 5.26 Å². The average Bonchev–Trinajstić information content (AvgIpc) is 3.89. The van der Waals surface area contributed by atoms with Gasteiger partial charge in [0.05, 0.1) is 62.9 Å². The highest BCUT2D eigenvalue weighted by Gasteiger charge is 2.24. The van der Waals surface area contributed by atoms with Gasteiger partial charge >= 0.3 is 0 Å². The Balaban J connectivity index is 1.24. The van der Waals surface area contributed by atoms with Gasteiger partial charge in [-0.1, -0.05) is 115 Å². The summed E-state index contributed by atoms with van der Waals surface area (Å²) in [6.07, 6.45) is 0.